The second kappa shape index (κ2) is 4.49. The van der Waals surface area contributed by atoms with Crippen LogP contribution >= 0.6 is 22.6 Å². The van der Waals surface area contributed by atoms with Crippen LogP contribution < -0.4 is 5.73 Å². The van der Waals surface area contributed by atoms with Gasteiger partial charge < -0.3 is 10.8 Å². The third-order valence-corrected chi connectivity index (χ3v) is 3.55. The van der Waals surface area contributed by atoms with Crippen LogP contribution in [0.2, 0.25) is 0 Å². The van der Waals surface area contributed by atoms with Gasteiger partial charge in [0.15, 0.2) is 0 Å². The highest BCUT2D eigenvalue weighted by atomic mass is 127. The van der Waals surface area contributed by atoms with Gasteiger partial charge in [-0.3, -0.25) is 0 Å². The lowest BCUT2D eigenvalue weighted by molar-refractivity contribution is 0.439. The molecule has 1 rings (SSSR count). The SMILES string of the molecule is Cc1cc(O)c(C(N)C(C)C)cc1I. The van der Waals surface area contributed by atoms with Crippen molar-refractivity contribution >= 4 is 22.6 Å². The molecule has 3 heteroatoms. The smallest absolute Gasteiger partial charge is 0.120 e. The lowest BCUT2D eigenvalue weighted by Crippen LogP contribution is -2.17. The highest BCUT2D eigenvalue weighted by molar-refractivity contribution is 14.1. The summed E-state index contributed by atoms with van der Waals surface area (Å²) in [5.41, 5.74) is 7.92. The molecule has 1 aromatic rings. The van der Waals surface area contributed by atoms with Gasteiger partial charge >= 0.3 is 0 Å². The minimum atomic E-state index is -0.0934. The molecular weight excluding hydrogens is 289 g/mol. The van der Waals surface area contributed by atoms with Crippen molar-refractivity contribution in [3.63, 3.8) is 0 Å². The molecule has 14 heavy (non-hydrogen) atoms. The molecular formula is C11H16INO. The van der Waals surface area contributed by atoms with Gasteiger partial charge in [-0.25, -0.2) is 0 Å². The second-order valence-corrected chi connectivity index (χ2v) is 5.09. The summed E-state index contributed by atoms with van der Waals surface area (Å²) in [4.78, 5) is 0. The maximum Gasteiger partial charge on any atom is 0.120 e. The molecule has 3 N–H and O–H groups in total. The van der Waals surface area contributed by atoms with E-state index < -0.39 is 0 Å². The minimum Gasteiger partial charge on any atom is -0.508 e. The lowest BCUT2D eigenvalue weighted by atomic mass is 9.95. The van der Waals surface area contributed by atoms with Gasteiger partial charge in [-0.1, -0.05) is 13.8 Å². The monoisotopic (exact) mass is 305 g/mol. The molecule has 0 aliphatic rings. The molecule has 0 radical (unpaired) electrons. The molecule has 0 heterocycles. The van der Waals surface area contributed by atoms with E-state index in [1.807, 2.05) is 13.0 Å². The van der Waals surface area contributed by atoms with Crippen LogP contribution in [0.15, 0.2) is 12.1 Å². The molecule has 2 nitrogen and oxygen atoms in total. The normalized spacial score (nSPS) is 13.3. The van der Waals surface area contributed by atoms with Crippen LogP contribution in [0.4, 0.5) is 0 Å². The summed E-state index contributed by atoms with van der Waals surface area (Å²) >= 11 is 2.26. The first-order chi connectivity index (χ1) is 6.43. The number of aromatic hydroxyl groups is 1. The Labute approximate surface area is 98.7 Å². The second-order valence-electron chi connectivity index (χ2n) is 3.93. The van der Waals surface area contributed by atoms with Crippen LogP contribution in [-0.2, 0) is 0 Å². The van der Waals surface area contributed by atoms with Crippen molar-refractivity contribution in [1.82, 2.24) is 0 Å². The summed E-state index contributed by atoms with van der Waals surface area (Å²) in [5.74, 6) is 0.642. The fraction of sp³-hybridized carbons (Fsp3) is 0.455. The van der Waals surface area contributed by atoms with Gasteiger partial charge in [0.05, 0.1) is 0 Å². The van der Waals surface area contributed by atoms with Gasteiger partial charge in [-0.05, 0) is 53.1 Å². The predicted octanol–water partition coefficient (Wildman–Crippen LogP) is 2.96. The minimum absolute atomic E-state index is 0.0934. The molecule has 0 spiro atoms. The van der Waals surface area contributed by atoms with Crippen molar-refractivity contribution in [3.8, 4) is 5.75 Å². The van der Waals surface area contributed by atoms with Gasteiger partial charge in [0, 0.05) is 15.2 Å². The van der Waals surface area contributed by atoms with Gasteiger partial charge in [0.25, 0.3) is 0 Å². The van der Waals surface area contributed by atoms with Crippen molar-refractivity contribution in [3.05, 3.63) is 26.8 Å². The average Bonchev–Trinajstić information content (AvgIpc) is 2.10. The van der Waals surface area contributed by atoms with E-state index in [-0.39, 0.29) is 6.04 Å². The summed E-state index contributed by atoms with van der Waals surface area (Å²) < 4.78 is 1.14. The fourth-order valence-electron chi connectivity index (χ4n) is 1.31. The average molecular weight is 305 g/mol. The Hall–Kier alpha value is -0.290. The van der Waals surface area contributed by atoms with Crippen LogP contribution in [0, 0.1) is 16.4 Å². The Morgan fingerprint density at radius 1 is 1.36 bits per heavy atom. The number of benzene rings is 1. The van der Waals surface area contributed by atoms with E-state index in [9.17, 15) is 5.11 Å². The third-order valence-electron chi connectivity index (χ3n) is 2.39. The molecule has 1 atom stereocenters. The van der Waals surface area contributed by atoms with E-state index in [1.54, 1.807) is 6.07 Å². The summed E-state index contributed by atoms with van der Waals surface area (Å²) in [7, 11) is 0. The molecule has 0 aliphatic carbocycles. The first kappa shape index (κ1) is 11.8. The molecule has 78 valence electrons. The van der Waals surface area contributed by atoms with Crippen molar-refractivity contribution in [2.75, 3.05) is 0 Å². The third kappa shape index (κ3) is 2.39. The summed E-state index contributed by atoms with van der Waals surface area (Å²) in [5, 5.41) is 9.75. The number of hydrogen-bond acceptors (Lipinski definition) is 2. The number of phenolic OH excluding ortho intramolecular Hbond substituents is 1. The topological polar surface area (TPSA) is 46.2 Å². The number of phenols is 1. The zero-order chi connectivity index (χ0) is 10.9. The fourth-order valence-corrected chi connectivity index (χ4v) is 1.80. The molecule has 0 aromatic heterocycles. The predicted molar refractivity (Wildman–Crippen MR) is 67.3 cm³/mol. The highest BCUT2D eigenvalue weighted by Gasteiger charge is 2.15. The number of nitrogens with two attached hydrogens (primary N) is 1. The molecule has 0 bridgehead atoms. The summed E-state index contributed by atoms with van der Waals surface area (Å²) in [6, 6.07) is 3.65. The first-order valence-corrected chi connectivity index (χ1v) is 5.76. The number of aryl methyl sites for hydroxylation is 1. The Balaban J connectivity index is 3.15. The Kier molecular flexibility index (Phi) is 3.78. The standard InChI is InChI=1S/C11H16INO/c1-6(2)11(13)8-5-9(12)7(3)4-10(8)14/h4-6,11,14H,13H2,1-3H3. The van der Waals surface area contributed by atoms with Crippen molar-refractivity contribution in [1.29, 1.82) is 0 Å². The first-order valence-electron chi connectivity index (χ1n) is 4.68. The maximum absolute atomic E-state index is 9.75. The maximum atomic E-state index is 9.75. The van der Waals surface area contributed by atoms with E-state index in [0.29, 0.717) is 11.7 Å². The zero-order valence-electron chi connectivity index (χ0n) is 8.71. The van der Waals surface area contributed by atoms with E-state index in [4.69, 9.17) is 5.73 Å². The lowest BCUT2D eigenvalue weighted by Gasteiger charge is -2.18. The summed E-state index contributed by atoms with van der Waals surface area (Å²) in [6.07, 6.45) is 0. The van der Waals surface area contributed by atoms with Gasteiger partial charge in [-0.15, -0.1) is 0 Å². The number of halogens is 1. The zero-order valence-corrected chi connectivity index (χ0v) is 10.9. The molecule has 0 saturated heterocycles. The van der Waals surface area contributed by atoms with Crippen molar-refractivity contribution in [2.24, 2.45) is 11.7 Å². The molecule has 1 aromatic carbocycles. The highest BCUT2D eigenvalue weighted by Crippen LogP contribution is 2.30. The molecule has 0 aliphatic heterocycles. The van der Waals surface area contributed by atoms with Gasteiger partial charge in [0.1, 0.15) is 5.75 Å². The molecule has 1 unspecified atom stereocenters. The Morgan fingerprint density at radius 2 is 1.93 bits per heavy atom. The van der Waals surface area contributed by atoms with Crippen molar-refractivity contribution < 1.29 is 5.11 Å². The Bertz CT molecular complexity index is 336. The largest absolute Gasteiger partial charge is 0.508 e. The Morgan fingerprint density at radius 3 is 2.43 bits per heavy atom. The van der Waals surface area contributed by atoms with Gasteiger partial charge in [-0.2, -0.15) is 0 Å². The van der Waals surface area contributed by atoms with Crippen LogP contribution in [0.25, 0.3) is 0 Å². The van der Waals surface area contributed by atoms with Crippen LogP contribution in [0.3, 0.4) is 0 Å². The molecule has 0 fully saturated rings. The molecule has 0 amide bonds. The van der Waals surface area contributed by atoms with Crippen LogP contribution in [0.1, 0.15) is 31.0 Å². The number of rotatable bonds is 2. The van der Waals surface area contributed by atoms with E-state index in [2.05, 4.69) is 36.4 Å². The number of hydrogen-bond donors (Lipinski definition) is 2. The van der Waals surface area contributed by atoms with Crippen LogP contribution in [-0.4, -0.2) is 5.11 Å². The van der Waals surface area contributed by atoms with E-state index in [1.165, 1.54) is 0 Å². The summed E-state index contributed by atoms with van der Waals surface area (Å²) in [6.45, 7) is 6.08. The molecule has 0 saturated carbocycles. The quantitative estimate of drug-likeness (QED) is 0.825. The van der Waals surface area contributed by atoms with Gasteiger partial charge in [0.2, 0.25) is 0 Å². The van der Waals surface area contributed by atoms with E-state index in [0.717, 1.165) is 14.7 Å². The van der Waals surface area contributed by atoms with E-state index >= 15 is 0 Å². The van der Waals surface area contributed by atoms with Crippen molar-refractivity contribution in [2.45, 2.75) is 26.8 Å². The van der Waals surface area contributed by atoms with Crippen LogP contribution in [0.5, 0.6) is 5.75 Å².